The zero-order valence-electron chi connectivity index (χ0n) is 12.0. The van der Waals surface area contributed by atoms with E-state index in [2.05, 4.69) is 10.3 Å². The van der Waals surface area contributed by atoms with Gasteiger partial charge >= 0.3 is 0 Å². The number of hydrogen-bond acceptors (Lipinski definition) is 4. The normalized spacial score (nSPS) is 13.7. The maximum absolute atomic E-state index is 12.1. The summed E-state index contributed by atoms with van der Waals surface area (Å²) in [6, 6.07) is 3.50. The second-order valence-corrected chi connectivity index (χ2v) is 4.48. The summed E-state index contributed by atoms with van der Waals surface area (Å²) < 4.78 is 10.6. The van der Waals surface area contributed by atoms with Crippen LogP contribution in [0.1, 0.15) is 33.6 Å². The molecule has 5 nitrogen and oxygen atoms in total. The molecule has 0 aliphatic rings. The van der Waals surface area contributed by atoms with Crippen molar-refractivity contribution < 1.29 is 14.3 Å². The Morgan fingerprint density at radius 3 is 2.63 bits per heavy atom. The molecule has 0 aliphatic heterocycles. The van der Waals surface area contributed by atoms with Crippen molar-refractivity contribution in [3.8, 4) is 5.88 Å². The van der Waals surface area contributed by atoms with Crippen LogP contribution in [0.3, 0.4) is 0 Å². The third-order valence-corrected chi connectivity index (χ3v) is 3.05. The number of rotatable bonds is 7. The van der Waals surface area contributed by atoms with Crippen molar-refractivity contribution in [3.63, 3.8) is 0 Å². The zero-order valence-corrected chi connectivity index (χ0v) is 12.0. The highest BCUT2D eigenvalue weighted by Crippen LogP contribution is 2.18. The largest absolute Gasteiger partial charge is 0.478 e. The van der Waals surface area contributed by atoms with E-state index in [1.165, 1.54) is 7.11 Å². The van der Waals surface area contributed by atoms with Crippen LogP contribution in [0.25, 0.3) is 0 Å². The zero-order chi connectivity index (χ0) is 14.3. The second-order valence-electron chi connectivity index (χ2n) is 4.48. The van der Waals surface area contributed by atoms with Crippen LogP contribution < -0.4 is 10.1 Å². The van der Waals surface area contributed by atoms with Gasteiger partial charge in [-0.05, 0) is 25.8 Å². The van der Waals surface area contributed by atoms with Crippen LogP contribution >= 0.6 is 0 Å². The Bertz CT molecular complexity index is 400. The smallest absolute Gasteiger partial charge is 0.256 e. The van der Waals surface area contributed by atoms with Crippen molar-refractivity contribution >= 4 is 11.6 Å². The summed E-state index contributed by atoms with van der Waals surface area (Å²) in [4.78, 5) is 16.2. The predicted molar refractivity (Wildman–Crippen MR) is 74.4 cm³/mol. The Hall–Kier alpha value is -1.62. The summed E-state index contributed by atoms with van der Waals surface area (Å²) in [5, 5.41) is 2.79. The van der Waals surface area contributed by atoms with Gasteiger partial charge in [0.2, 0.25) is 5.88 Å². The van der Waals surface area contributed by atoms with Gasteiger partial charge in [-0.3, -0.25) is 4.79 Å². The van der Waals surface area contributed by atoms with E-state index in [1.807, 2.05) is 13.8 Å². The topological polar surface area (TPSA) is 60.5 Å². The van der Waals surface area contributed by atoms with Crippen LogP contribution in [0, 0.1) is 0 Å². The molecule has 0 spiro atoms. The number of aromatic nitrogens is 1. The lowest BCUT2D eigenvalue weighted by Gasteiger charge is -2.25. The van der Waals surface area contributed by atoms with E-state index in [1.54, 1.807) is 25.3 Å². The molecule has 1 heterocycles. The number of carbonyl (C=O) groups is 1. The van der Waals surface area contributed by atoms with E-state index in [4.69, 9.17) is 9.47 Å². The summed E-state index contributed by atoms with van der Waals surface area (Å²) >= 11 is 0. The Balaban J connectivity index is 2.65. The van der Waals surface area contributed by atoms with Gasteiger partial charge in [0.25, 0.3) is 5.91 Å². The average Bonchev–Trinajstić information content (AvgIpc) is 2.45. The van der Waals surface area contributed by atoms with Gasteiger partial charge in [0.1, 0.15) is 5.60 Å². The fourth-order valence-corrected chi connectivity index (χ4v) is 1.41. The number of hydrogen-bond donors (Lipinski definition) is 1. The van der Waals surface area contributed by atoms with Gasteiger partial charge in [0, 0.05) is 13.2 Å². The Morgan fingerprint density at radius 1 is 1.42 bits per heavy atom. The van der Waals surface area contributed by atoms with Crippen molar-refractivity contribution in [2.75, 3.05) is 19.0 Å². The molecule has 1 rings (SSSR count). The monoisotopic (exact) mass is 266 g/mol. The third-order valence-electron chi connectivity index (χ3n) is 3.05. The lowest BCUT2D eigenvalue weighted by Crippen LogP contribution is -2.41. The minimum absolute atomic E-state index is 0.179. The van der Waals surface area contributed by atoms with Crippen molar-refractivity contribution in [1.82, 2.24) is 4.98 Å². The minimum Gasteiger partial charge on any atom is -0.478 e. The van der Waals surface area contributed by atoms with E-state index in [0.29, 0.717) is 24.6 Å². The number of carbonyl (C=O) groups excluding carboxylic acids is 1. The molecule has 1 N–H and O–H groups in total. The molecule has 1 aromatic rings. The molecule has 0 aromatic carbocycles. The van der Waals surface area contributed by atoms with E-state index in [9.17, 15) is 4.79 Å². The summed E-state index contributed by atoms with van der Waals surface area (Å²) in [7, 11) is 1.53. The standard InChI is InChI=1S/C14H22N2O3/c1-5-9-19-12-8-7-11(10-15-12)16-13(17)14(3,6-2)18-4/h7-8,10H,5-6,9H2,1-4H3,(H,16,17)/t14-/m0/s1. The molecule has 1 aromatic heterocycles. The lowest BCUT2D eigenvalue weighted by molar-refractivity contribution is -0.136. The molecule has 0 saturated heterocycles. The Labute approximate surface area is 114 Å². The van der Waals surface area contributed by atoms with Gasteiger partial charge < -0.3 is 14.8 Å². The van der Waals surface area contributed by atoms with Gasteiger partial charge in [-0.2, -0.15) is 0 Å². The molecule has 1 atom stereocenters. The summed E-state index contributed by atoms with van der Waals surface area (Å²) in [5.41, 5.74) is -0.192. The van der Waals surface area contributed by atoms with E-state index in [-0.39, 0.29) is 5.91 Å². The van der Waals surface area contributed by atoms with E-state index >= 15 is 0 Å². The quantitative estimate of drug-likeness (QED) is 0.824. The first-order valence-corrected chi connectivity index (χ1v) is 6.51. The van der Waals surface area contributed by atoms with Crippen LogP contribution in [0.15, 0.2) is 18.3 Å². The van der Waals surface area contributed by atoms with Gasteiger partial charge in [-0.1, -0.05) is 13.8 Å². The Morgan fingerprint density at radius 2 is 2.16 bits per heavy atom. The number of pyridine rings is 1. The maximum atomic E-state index is 12.1. The molecule has 1 amide bonds. The molecule has 5 heteroatoms. The van der Waals surface area contributed by atoms with E-state index < -0.39 is 5.60 Å². The van der Waals surface area contributed by atoms with E-state index in [0.717, 1.165) is 6.42 Å². The molecule has 0 aliphatic carbocycles. The van der Waals surface area contributed by atoms with Crippen molar-refractivity contribution in [2.24, 2.45) is 0 Å². The lowest BCUT2D eigenvalue weighted by atomic mass is 10.0. The summed E-state index contributed by atoms with van der Waals surface area (Å²) in [6.07, 6.45) is 3.11. The van der Waals surface area contributed by atoms with Crippen LogP contribution in [0.2, 0.25) is 0 Å². The predicted octanol–water partition coefficient (Wildman–Crippen LogP) is 2.62. The fourth-order valence-electron chi connectivity index (χ4n) is 1.41. The molecule has 106 valence electrons. The number of ether oxygens (including phenoxy) is 2. The highest BCUT2D eigenvalue weighted by Gasteiger charge is 2.30. The van der Waals surface area contributed by atoms with Crippen LogP contribution in [0.4, 0.5) is 5.69 Å². The maximum Gasteiger partial charge on any atom is 0.256 e. The van der Waals surface area contributed by atoms with Gasteiger partial charge in [-0.15, -0.1) is 0 Å². The van der Waals surface area contributed by atoms with Gasteiger partial charge in [0.05, 0.1) is 18.5 Å². The SMILES string of the molecule is CCCOc1ccc(NC(=O)[C@](C)(CC)OC)cn1. The first-order valence-electron chi connectivity index (χ1n) is 6.51. The van der Waals surface area contributed by atoms with Crippen LogP contribution in [0.5, 0.6) is 5.88 Å². The molecule has 0 fully saturated rings. The first-order chi connectivity index (χ1) is 9.05. The number of nitrogens with zero attached hydrogens (tertiary/aromatic N) is 1. The van der Waals surface area contributed by atoms with Crippen LogP contribution in [-0.2, 0) is 9.53 Å². The van der Waals surface area contributed by atoms with Crippen molar-refractivity contribution in [3.05, 3.63) is 18.3 Å². The average molecular weight is 266 g/mol. The number of methoxy groups -OCH3 is 1. The number of nitrogens with one attached hydrogen (secondary N) is 1. The molecule has 0 saturated carbocycles. The minimum atomic E-state index is -0.822. The third kappa shape index (κ3) is 4.21. The summed E-state index contributed by atoms with van der Waals surface area (Å²) in [6.45, 7) is 6.33. The van der Waals surface area contributed by atoms with Crippen molar-refractivity contribution in [2.45, 2.75) is 39.2 Å². The fraction of sp³-hybridized carbons (Fsp3) is 0.571. The molecule has 0 unspecified atom stereocenters. The molecular weight excluding hydrogens is 244 g/mol. The molecular formula is C14H22N2O3. The number of amides is 1. The number of anilines is 1. The van der Waals surface area contributed by atoms with Crippen LogP contribution in [-0.4, -0.2) is 30.2 Å². The highest BCUT2D eigenvalue weighted by atomic mass is 16.5. The van der Waals surface area contributed by atoms with Crippen molar-refractivity contribution in [1.29, 1.82) is 0 Å². The summed E-state index contributed by atoms with van der Waals surface area (Å²) in [5.74, 6) is 0.381. The Kier molecular flexibility index (Phi) is 5.76. The molecule has 19 heavy (non-hydrogen) atoms. The second kappa shape index (κ2) is 7.09. The van der Waals surface area contributed by atoms with Gasteiger partial charge in [-0.25, -0.2) is 4.98 Å². The first kappa shape index (κ1) is 15.4. The molecule has 0 radical (unpaired) electrons. The highest BCUT2D eigenvalue weighted by molar-refractivity contribution is 5.96. The van der Waals surface area contributed by atoms with Gasteiger partial charge in [0.15, 0.2) is 0 Å². The molecule has 0 bridgehead atoms.